The molecule has 138 valence electrons. The number of carbonyl (C=O) groups excluding carboxylic acids is 1. The fraction of sp³-hybridized carbons (Fsp3) is 0.316. The predicted octanol–water partition coefficient (Wildman–Crippen LogP) is 2.13. The molecule has 0 radical (unpaired) electrons. The van der Waals surface area contributed by atoms with Crippen LogP contribution in [0.25, 0.3) is 0 Å². The molecule has 26 heavy (non-hydrogen) atoms. The highest BCUT2D eigenvalue weighted by Gasteiger charge is 2.26. The van der Waals surface area contributed by atoms with Gasteiger partial charge in [0.1, 0.15) is 12.4 Å². The largest absolute Gasteiger partial charge is 0.492 e. The monoisotopic (exact) mass is 374 g/mol. The summed E-state index contributed by atoms with van der Waals surface area (Å²) in [6.07, 6.45) is 1.08. The number of nitrogens with one attached hydrogen (secondary N) is 1. The first-order valence-electron chi connectivity index (χ1n) is 8.52. The van der Waals surface area contributed by atoms with Gasteiger partial charge in [-0.2, -0.15) is 0 Å². The Morgan fingerprint density at radius 2 is 1.96 bits per heavy atom. The number of ether oxygens (including phenoxy) is 1. The van der Waals surface area contributed by atoms with Crippen molar-refractivity contribution in [2.24, 2.45) is 0 Å². The minimum absolute atomic E-state index is 0.0366. The number of likely N-dealkylation sites (N-methyl/N-ethyl adjacent to an activating group) is 1. The van der Waals surface area contributed by atoms with Crippen molar-refractivity contribution >= 4 is 21.6 Å². The van der Waals surface area contributed by atoms with Crippen LogP contribution in [0.3, 0.4) is 0 Å². The summed E-state index contributed by atoms with van der Waals surface area (Å²) in [7, 11) is -1.96. The van der Waals surface area contributed by atoms with Gasteiger partial charge in [0, 0.05) is 19.3 Å². The lowest BCUT2D eigenvalue weighted by atomic mass is 10.1. The summed E-state index contributed by atoms with van der Waals surface area (Å²) in [5.74, 6) is 0.735. The second-order valence-electron chi connectivity index (χ2n) is 6.13. The molecule has 0 fully saturated rings. The summed E-state index contributed by atoms with van der Waals surface area (Å²) in [4.78, 5) is 13.4. The van der Waals surface area contributed by atoms with E-state index in [0.29, 0.717) is 0 Å². The zero-order valence-electron chi connectivity index (χ0n) is 14.9. The molecule has 7 heteroatoms. The lowest BCUT2D eigenvalue weighted by Gasteiger charge is -2.12. The van der Waals surface area contributed by atoms with Crippen molar-refractivity contribution in [1.82, 2.24) is 4.72 Å². The van der Waals surface area contributed by atoms with E-state index in [-0.39, 0.29) is 30.4 Å². The molecule has 1 N–H and O–H groups in total. The lowest BCUT2D eigenvalue weighted by Crippen LogP contribution is -2.28. The third-order valence-electron chi connectivity index (χ3n) is 4.44. The van der Waals surface area contributed by atoms with Gasteiger partial charge < -0.3 is 9.64 Å². The second-order valence-corrected chi connectivity index (χ2v) is 7.89. The fourth-order valence-corrected chi connectivity index (χ4v) is 4.03. The minimum atomic E-state index is -3.65. The van der Waals surface area contributed by atoms with Gasteiger partial charge in [-0.3, -0.25) is 4.79 Å². The Kier molecular flexibility index (Phi) is 5.29. The van der Waals surface area contributed by atoms with Crippen molar-refractivity contribution in [2.45, 2.75) is 24.7 Å². The van der Waals surface area contributed by atoms with Crippen molar-refractivity contribution < 1.29 is 17.9 Å². The minimum Gasteiger partial charge on any atom is -0.492 e. The van der Waals surface area contributed by atoms with Crippen LogP contribution in [-0.4, -0.2) is 34.5 Å². The number of carbonyl (C=O) groups is 1. The van der Waals surface area contributed by atoms with E-state index in [1.807, 2.05) is 31.2 Å². The average Bonchev–Trinajstić information content (AvgIpc) is 2.92. The molecule has 0 saturated heterocycles. The number of fused-ring (bicyclic) bond motifs is 1. The Morgan fingerprint density at radius 3 is 2.73 bits per heavy atom. The summed E-state index contributed by atoms with van der Waals surface area (Å²) >= 11 is 0. The summed E-state index contributed by atoms with van der Waals surface area (Å²) in [6.45, 7) is 2.44. The third-order valence-corrected chi connectivity index (χ3v) is 5.90. The Bertz CT molecular complexity index is 925. The van der Waals surface area contributed by atoms with Gasteiger partial charge in [0.05, 0.1) is 11.3 Å². The zero-order chi connectivity index (χ0) is 18.7. The maximum absolute atomic E-state index is 12.5. The zero-order valence-corrected chi connectivity index (χ0v) is 15.7. The van der Waals surface area contributed by atoms with Crippen LogP contribution in [0.5, 0.6) is 5.75 Å². The molecular weight excluding hydrogens is 352 g/mol. The first kappa shape index (κ1) is 18.4. The van der Waals surface area contributed by atoms with E-state index >= 15 is 0 Å². The van der Waals surface area contributed by atoms with E-state index in [1.54, 1.807) is 19.2 Å². The summed E-state index contributed by atoms with van der Waals surface area (Å²) in [5, 5.41) is 0. The molecule has 0 atom stereocenters. The Labute approximate surface area is 153 Å². The first-order chi connectivity index (χ1) is 12.4. The number of para-hydroxylation sites is 1. The first-order valence-corrected chi connectivity index (χ1v) is 10.0. The molecule has 0 spiro atoms. The van der Waals surface area contributed by atoms with Crippen molar-refractivity contribution in [3.8, 4) is 5.75 Å². The molecule has 1 heterocycles. The maximum Gasteiger partial charge on any atom is 0.240 e. The van der Waals surface area contributed by atoms with Gasteiger partial charge in [0.15, 0.2) is 0 Å². The number of sulfonamides is 1. The Balaban J connectivity index is 1.61. The SMILES string of the molecule is CCc1ccccc1OCCNS(=O)(=O)c1ccc2c(c1)CC(=O)N2C. The molecule has 2 aromatic carbocycles. The Hall–Kier alpha value is -2.38. The number of nitrogens with zero attached hydrogens (tertiary/aromatic N) is 1. The molecule has 1 amide bonds. The highest BCUT2D eigenvalue weighted by molar-refractivity contribution is 7.89. The Morgan fingerprint density at radius 1 is 1.19 bits per heavy atom. The number of hydrogen-bond donors (Lipinski definition) is 1. The number of anilines is 1. The average molecular weight is 374 g/mol. The molecule has 6 nitrogen and oxygen atoms in total. The molecule has 1 aliphatic rings. The summed E-state index contributed by atoms with van der Waals surface area (Å²) < 4.78 is 33.2. The topological polar surface area (TPSA) is 75.7 Å². The summed E-state index contributed by atoms with van der Waals surface area (Å²) in [5.41, 5.74) is 2.57. The number of hydrogen-bond acceptors (Lipinski definition) is 4. The molecule has 1 aliphatic heterocycles. The quantitative estimate of drug-likeness (QED) is 0.754. The van der Waals surface area contributed by atoms with E-state index in [2.05, 4.69) is 4.72 Å². The number of aryl methyl sites for hydroxylation is 1. The van der Waals surface area contributed by atoms with Crippen LogP contribution in [-0.2, 0) is 27.7 Å². The third kappa shape index (κ3) is 3.73. The van der Waals surface area contributed by atoms with Crippen LogP contribution in [0.2, 0.25) is 0 Å². The van der Waals surface area contributed by atoms with Gasteiger partial charge in [-0.25, -0.2) is 13.1 Å². The highest BCUT2D eigenvalue weighted by atomic mass is 32.2. The predicted molar refractivity (Wildman–Crippen MR) is 100 cm³/mol. The van der Waals surface area contributed by atoms with Crippen LogP contribution in [0.1, 0.15) is 18.1 Å². The smallest absolute Gasteiger partial charge is 0.240 e. The van der Waals surface area contributed by atoms with Gasteiger partial charge >= 0.3 is 0 Å². The van der Waals surface area contributed by atoms with Crippen LogP contribution >= 0.6 is 0 Å². The number of rotatable bonds is 7. The lowest BCUT2D eigenvalue weighted by molar-refractivity contribution is -0.117. The number of amides is 1. The normalized spacial score (nSPS) is 13.8. The van der Waals surface area contributed by atoms with Crippen LogP contribution in [0.15, 0.2) is 47.4 Å². The molecule has 3 rings (SSSR count). The summed E-state index contributed by atoms with van der Waals surface area (Å²) in [6, 6.07) is 12.5. The van der Waals surface area contributed by atoms with E-state index in [0.717, 1.165) is 29.0 Å². The van der Waals surface area contributed by atoms with E-state index < -0.39 is 10.0 Å². The van der Waals surface area contributed by atoms with Crippen LogP contribution in [0.4, 0.5) is 5.69 Å². The standard InChI is InChI=1S/C19H22N2O4S/c1-3-14-6-4-5-7-18(14)25-11-10-20-26(23,24)16-8-9-17-15(12-16)13-19(22)21(17)2/h4-9,12,20H,3,10-11,13H2,1-2H3. The van der Waals surface area contributed by atoms with Gasteiger partial charge in [0.2, 0.25) is 15.9 Å². The van der Waals surface area contributed by atoms with Gasteiger partial charge in [-0.1, -0.05) is 25.1 Å². The fourth-order valence-electron chi connectivity index (χ4n) is 2.97. The van der Waals surface area contributed by atoms with Crippen molar-refractivity contribution in [1.29, 1.82) is 0 Å². The molecule has 0 aromatic heterocycles. The molecule has 0 bridgehead atoms. The van der Waals surface area contributed by atoms with Crippen LogP contribution in [0, 0.1) is 0 Å². The molecule has 0 unspecified atom stereocenters. The van der Waals surface area contributed by atoms with Crippen molar-refractivity contribution in [2.75, 3.05) is 25.1 Å². The van der Waals surface area contributed by atoms with E-state index in [4.69, 9.17) is 4.74 Å². The van der Waals surface area contributed by atoms with Crippen molar-refractivity contribution in [3.05, 3.63) is 53.6 Å². The van der Waals surface area contributed by atoms with Gasteiger partial charge in [-0.15, -0.1) is 0 Å². The molecule has 0 aliphatic carbocycles. The van der Waals surface area contributed by atoms with Crippen LogP contribution < -0.4 is 14.4 Å². The maximum atomic E-state index is 12.5. The highest BCUT2D eigenvalue weighted by Crippen LogP contribution is 2.29. The van der Waals surface area contributed by atoms with E-state index in [9.17, 15) is 13.2 Å². The van der Waals surface area contributed by atoms with Gasteiger partial charge in [-0.05, 0) is 41.8 Å². The molecule has 0 saturated carbocycles. The second kappa shape index (κ2) is 7.47. The van der Waals surface area contributed by atoms with E-state index in [1.165, 1.54) is 11.0 Å². The molecule has 2 aromatic rings. The van der Waals surface area contributed by atoms with Gasteiger partial charge in [0.25, 0.3) is 0 Å². The van der Waals surface area contributed by atoms with Crippen molar-refractivity contribution in [3.63, 3.8) is 0 Å². The number of benzene rings is 2. The molecular formula is C19H22N2O4S.